The topological polar surface area (TPSA) is 76.1 Å². The van der Waals surface area contributed by atoms with E-state index in [2.05, 4.69) is 32.6 Å². The number of hydrogen-bond acceptors (Lipinski definition) is 6. The molecule has 56 heavy (non-hydrogen) atoms. The van der Waals surface area contributed by atoms with Crippen LogP contribution in [0.1, 0.15) is 272 Å². The fraction of sp³-hybridized carbons (Fsp3) is 0.960. The van der Waals surface area contributed by atoms with E-state index < -0.39 is 0 Å². The number of carbonyl (C=O) groups is 2. The molecule has 6 nitrogen and oxygen atoms in total. The van der Waals surface area contributed by atoms with Crippen LogP contribution < -0.4 is 0 Å². The molecule has 0 aliphatic carbocycles. The molecule has 1 unspecified atom stereocenters. The summed E-state index contributed by atoms with van der Waals surface area (Å²) in [5.74, 6) is -0.00889. The fourth-order valence-corrected chi connectivity index (χ4v) is 8.02. The largest absolute Gasteiger partial charge is 0.462 e. The first kappa shape index (κ1) is 54.9. The number of aliphatic hydroxyl groups excluding tert-OH is 1. The van der Waals surface area contributed by atoms with E-state index in [1.807, 2.05) is 0 Å². The molecule has 0 heterocycles. The molecular weight excluding hydrogens is 695 g/mol. The molecule has 0 spiro atoms. The van der Waals surface area contributed by atoms with Crippen LogP contribution in [0.15, 0.2) is 0 Å². The van der Waals surface area contributed by atoms with E-state index in [9.17, 15) is 14.7 Å². The maximum absolute atomic E-state index is 12.8. The first-order valence-corrected chi connectivity index (χ1v) is 25.2. The molecule has 0 amide bonds. The van der Waals surface area contributed by atoms with Crippen LogP contribution in [0.4, 0.5) is 0 Å². The van der Waals surface area contributed by atoms with Crippen molar-refractivity contribution >= 4 is 11.9 Å². The lowest BCUT2D eigenvalue weighted by molar-refractivity contribution is -0.151. The number of carbonyl (C=O) groups excluding carboxylic acids is 2. The Morgan fingerprint density at radius 1 is 0.375 bits per heavy atom. The van der Waals surface area contributed by atoms with Crippen molar-refractivity contribution in [2.45, 2.75) is 284 Å². The number of esters is 2. The molecule has 0 aromatic heterocycles. The summed E-state index contributed by atoms with van der Waals surface area (Å²) in [4.78, 5) is 28.0. The Labute approximate surface area is 350 Å². The lowest BCUT2D eigenvalue weighted by Crippen LogP contribution is -2.29. The van der Waals surface area contributed by atoms with Gasteiger partial charge in [-0.3, -0.25) is 9.59 Å². The third-order valence-corrected chi connectivity index (χ3v) is 11.7. The molecule has 0 radical (unpaired) electrons. The van der Waals surface area contributed by atoms with E-state index in [0.717, 1.165) is 83.7 Å². The average Bonchev–Trinajstić information content (AvgIpc) is 3.19. The van der Waals surface area contributed by atoms with Gasteiger partial charge >= 0.3 is 11.9 Å². The molecule has 334 valence electrons. The molecule has 1 N–H and O–H groups in total. The van der Waals surface area contributed by atoms with E-state index in [4.69, 9.17) is 9.47 Å². The van der Waals surface area contributed by atoms with Gasteiger partial charge in [-0.2, -0.15) is 0 Å². The summed E-state index contributed by atoms with van der Waals surface area (Å²) in [5.41, 5.74) is 0. The predicted molar refractivity (Wildman–Crippen MR) is 241 cm³/mol. The van der Waals surface area contributed by atoms with Crippen LogP contribution in [0.5, 0.6) is 0 Å². The van der Waals surface area contributed by atoms with Gasteiger partial charge in [0.15, 0.2) is 0 Å². The maximum atomic E-state index is 12.8. The molecular formula is C50H99NO5. The Kier molecular flexibility index (Phi) is 44.0. The minimum absolute atomic E-state index is 0.000785. The van der Waals surface area contributed by atoms with Gasteiger partial charge < -0.3 is 19.5 Å². The number of ether oxygens (including phenoxy) is 2. The zero-order valence-electron chi connectivity index (χ0n) is 38.4. The second-order valence-corrected chi connectivity index (χ2v) is 17.3. The molecule has 0 fully saturated rings. The summed E-state index contributed by atoms with van der Waals surface area (Å²) in [6.45, 7) is 11.9. The summed E-state index contributed by atoms with van der Waals surface area (Å²) in [7, 11) is 0. The van der Waals surface area contributed by atoms with Gasteiger partial charge in [-0.25, -0.2) is 0 Å². The smallest absolute Gasteiger partial charge is 0.306 e. The van der Waals surface area contributed by atoms with Gasteiger partial charge in [-0.15, -0.1) is 0 Å². The molecule has 1 atom stereocenters. The Hall–Kier alpha value is -1.14. The zero-order chi connectivity index (χ0) is 41.0. The molecule has 0 saturated heterocycles. The van der Waals surface area contributed by atoms with Crippen LogP contribution >= 0.6 is 0 Å². The molecule has 6 heteroatoms. The maximum Gasteiger partial charge on any atom is 0.306 e. The molecule has 0 rings (SSSR count). The lowest BCUT2D eigenvalue weighted by atomic mass is 10.0. The fourth-order valence-electron chi connectivity index (χ4n) is 8.02. The van der Waals surface area contributed by atoms with E-state index in [1.165, 1.54) is 161 Å². The average molecular weight is 794 g/mol. The number of rotatable bonds is 46. The second kappa shape index (κ2) is 45.0. The van der Waals surface area contributed by atoms with Crippen molar-refractivity contribution in [2.75, 3.05) is 26.2 Å². The predicted octanol–water partition coefficient (Wildman–Crippen LogP) is 15.0. The van der Waals surface area contributed by atoms with Crippen molar-refractivity contribution in [3.8, 4) is 0 Å². The van der Waals surface area contributed by atoms with Crippen LogP contribution in [0.25, 0.3) is 0 Å². The highest BCUT2D eigenvalue weighted by Gasteiger charge is 2.16. The van der Waals surface area contributed by atoms with Crippen molar-refractivity contribution in [3.63, 3.8) is 0 Å². The third kappa shape index (κ3) is 39.7. The molecule has 0 aliphatic rings. The van der Waals surface area contributed by atoms with Crippen molar-refractivity contribution in [2.24, 2.45) is 0 Å². The molecule has 0 bridgehead atoms. The minimum atomic E-state index is -0.00967. The number of hydrogen-bond donors (Lipinski definition) is 1. The van der Waals surface area contributed by atoms with Gasteiger partial charge in [0.25, 0.3) is 0 Å². The Morgan fingerprint density at radius 2 is 0.643 bits per heavy atom. The van der Waals surface area contributed by atoms with E-state index in [1.54, 1.807) is 0 Å². The number of unbranched alkanes of at least 4 members (excludes halogenated alkanes) is 26. The van der Waals surface area contributed by atoms with E-state index in [-0.39, 0.29) is 30.8 Å². The van der Waals surface area contributed by atoms with Gasteiger partial charge in [0.2, 0.25) is 0 Å². The van der Waals surface area contributed by atoms with E-state index >= 15 is 0 Å². The van der Waals surface area contributed by atoms with Gasteiger partial charge in [-0.1, -0.05) is 182 Å². The van der Waals surface area contributed by atoms with Crippen LogP contribution in [-0.4, -0.2) is 60.4 Å². The Bertz CT molecular complexity index is 790. The Morgan fingerprint density at radius 3 is 0.964 bits per heavy atom. The number of nitrogens with zero attached hydrogens (tertiary/aromatic N) is 1. The lowest BCUT2D eigenvalue weighted by Gasteiger charge is -2.21. The van der Waals surface area contributed by atoms with Crippen LogP contribution in [0, 0.1) is 0 Å². The third-order valence-electron chi connectivity index (χ3n) is 11.7. The van der Waals surface area contributed by atoms with Crippen LogP contribution in [0.2, 0.25) is 0 Å². The van der Waals surface area contributed by atoms with Crippen LogP contribution in [-0.2, 0) is 19.1 Å². The van der Waals surface area contributed by atoms with Crippen LogP contribution in [0.3, 0.4) is 0 Å². The molecule has 0 aliphatic heterocycles. The molecule has 0 aromatic carbocycles. The standard InChI is InChI=1S/C50H99NO5/c1-5-9-13-17-21-25-32-40-48(39-31-24-20-16-12-8-4)55-49(53)41-33-26-27-35-43-51(45-46-52)44-36-28-34-42-50(54)56-47(37-29-22-18-14-10-6-2)38-30-23-19-15-11-7-3/h47-48,52H,5-46H2,1-4H3. The number of aliphatic hydroxyl groups is 1. The first-order chi connectivity index (χ1) is 27.5. The van der Waals surface area contributed by atoms with Gasteiger partial charge in [0.1, 0.15) is 12.2 Å². The second-order valence-electron chi connectivity index (χ2n) is 17.3. The highest BCUT2D eigenvalue weighted by atomic mass is 16.5. The zero-order valence-corrected chi connectivity index (χ0v) is 38.4. The van der Waals surface area contributed by atoms with Crippen molar-refractivity contribution in [3.05, 3.63) is 0 Å². The van der Waals surface area contributed by atoms with Crippen molar-refractivity contribution in [1.29, 1.82) is 0 Å². The highest BCUT2D eigenvalue weighted by molar-refractivity contribution is 5.69. The summed E-state index contributed by atoms with van der Waals surface area (Å²) < 4.78 is 12.1. The van der Waals surface area contributed by atoms with Gasteiger partial charge in [-0.05, 0) is 90.1 Å². The summed E-state index contributed by atoms with van der Waals surface area (Å²) in [6, 6.07) is 0. The van der Waals surface area contributed by atoms with Crippen molar-refractivity contribution < 1.29 is 24.2 Å². The summed E-state index contributed by atoms with van der Waals surface area (Å²) in [6.07, 6.45) is 44.4. The van der Waals surface area contributed by atoms with Gasteiger partial charge in [0.05, 0.1) is 6.61 Å². The quantitative estimate of drug-likeness (QED) is 0.0489. The Balaban J connectivity index is 4.35. The summed E-state index contributed by atoms with van der Waals surface area (Å²) in [5, 5.41) is 9.66. The van der Waals surface area contributed by atoms with E-state index in [0.29, 0.717) is 19.4 Å². The highest BCUT2D eigenvalue weighted by Crippen LogP contribution is 2.20. The monoisotopic (exact) mass is 794 g/mol. The molecule has 0 aromatic rings. The van der Waals surface area contributed by atoms with Crippen molar-refractivity contribution in [1.82, 2.24) is 4.90 Å². The minimum Gasteiger partial charge on any atom is -0.462 e. The summed E-state index contributed by atoms with van der Waals surface area (Å²) >= 11 is 0. The first-order valence-electron chi connectivity index (χ1n) is 25.2. The SMILES string of the molecule is CCCCCCCCCC(CCCCCCCC)OC(=O)CCCCCCN(CCO)CCCCCC(=O)OC(CCCCCCCC)CCCCCCCC. The normalized spacial score (nSPS) is 12.2. The van der Waals surface area contributed by atoms with Gasteiger partial charge in [0, 0.05) is 19.4 Å². The molecule has 0 saturated carbocycles.